The molecule has 1 saturated heterocycles. The largest absolute Gasteiger partial charge is 0.353 e. The number of urea groups is 1. The van der Waals surface area contributed by atoms with Gasteiger partial charge < -0.3 is 16.0 Å². The lowest BCUT2D eigenvalue weighted by Crippen LogP contribution is -2.47. The molecule has 7 heteroatoms. The van der Waals surface area contributed by atoms with E-state index in [1.54, 1.807) is 14.0 Å². The first kappa shape index (κ1) is 14.8. The number of nitrogens with zero attached hydrogens (tertiary/aromatic N) is 1. The van der Waals surface area contributed by atoms with E-state index in [1.807, 2.05) is 6.92 Å². The highest BCUT2D eigenvalue weighted by atomic mass is 16.2. The third-order valence-corrected chi connectivity index (χ3v) is 4.09. The fraction of sp³-hybridized carbons (Fsp3) is 0.769. The van der Waals surface area contributed by atoms with Gasteiger partial charge in [-0.15, -0.1) is 0 Å². The summed E-state index contributed by atoms with van der Waals surface area (Å²) in [6, 6.07) is -0.333. The Kier molecular flexibility index (Phi) is 3.99. The molecule has 7 nitrogen and oxygen atoms in total. The number of hydrogen-bond donors (Lipinski definition) is 3. The van der Waals surface area contributed by atoms with Crippen molar-refractivity contribution in [3.63, 3.8) is 0 Å². The maximum Gasteiger partial charge on any atom is 0.325 e. The number of carbonyl (C=O) groups excluding carboxylic acids is 3. The van der Waals surface area contributed by atoms with Crippen LogP contribution in [0.2, 0.25) is 0 Å². The van der Waals surface area contributed by atoms with Crippen LogP contribution in [0.1, 0.15) is 26.7 Å². The Labute approximate surface area is 118 Å². The molecule has 4 amide bonds. The summed E-state index contributed by atoms with van der Waals surface area (Å²) in [4.78, 5) is 37.0. The van der Waals surface area contributed by atoms with E-state index in [2.05, 4.69) is 16.0 Å². The summed E-state index contributed by atoms with van der Waals surface area (Å²) >= 11 is 0. The quantitative estimate of drug-likeness (QED) is 0.569. The summed E-state index contributed by atoms with van der Waals surface area (Å²) in [7, 11) is 1.80. The number of nitrogens with one attached hydrogen (secondary N) is 3. The summed E-state index contributed by atoms with van der Waals surface area (Å²) in [6.07, 6.45) is 1.89. The van der Waals surface area contributed by atoms with Crippen molar-refractivity contribution in [2.75, 3.05) is 20.1 Å². The van der Waals surface area contributed by atoms with E-state index in [1.165, 1.54) is 0 Å². The Morgan fingerprint density at radius 1 is 1.50 bits per heavy atom. The molecule has 2 fully saturated rings. The van der Waals surface area contributed by atoms with Crippen LogP contribution in [0.5, 0.6) is 0 Å². The van der Waals surface area contributed by atoms with Crippen LogP contribution in [0, 0.1) is 5.92 Å². The molecule has 0 aromatic carbocycles. The number of imide groups is 1. The van der Waals surface area contributed by atoms with Gasteiger partial charge in [-0.2, -0.15) is 0 Å². The lowest BCUT2D eigenvalue weighted by Gasteiger charge is -2.21. The molecule has 2 rings (SSSR count). The van der Waals surface area contributed by atoms with E-state index >= 15 is 0 Å². The van der Waals surface area contributed by atoms with Gasteiger partial charge in [0.15, 0.2) is 0 Å². The summed E-state index contributed by atoms with van der Waals surface area (Å²) < 4.78 is 0. The summed E-state index contributed by atoms with van der Waals surface area (Å²) in [5.74, 6) is -0.409. The molecule has 112 valence electrons. The van der Waals surface area contributed by atoms with Crippen molar-refractivity contribution in [3.8, 4) is 0 Å². The van der Waals surface area contributed by atoms with Crippen LogP contribution in [0.4, 0.5) is 4.79 Å². The van der Waals surface area contributed by atoms with E-state index in [4.69, 9.17) is 0 Å². The summed E-state index contributed by atoms with van der Waals surface area (Å²) in [6.45, 7) is 3.91. The van der Waals surface area contributed by atoms with Crippen molar-refractivity contribution in [3.05, 3.63) is 0 Å². The van der Waals surface area contributed by atoms with E-state index in [0.29, 0.717) is 6.54 Å². The van der Waals surface area contributed by atoms with Gasteiger partial charge in [0, 0.05) is 12.6 Å². The Morgan fingerprint density at radius 3 is 2.70 bits per heavy atom. The summed E-state index contributed by atoms with van der Waals surface area (Å²) in [5.41, 5.74) is -0.824. The SMILES string of the molecule is CNC(C)CNC(=O)CN1C(=O)NC(C)(C2CC2)C1=O. The monoisotopic (exact) mass is 282 g/mol. The third-order valence-electron chi connectivity index (χ3n) is 4.09. The average Bonchev–Trinajstić information content (AvgIpc) is 3.22. The molecule has 3 N–H and O–H groups in total. The van der Waals surface area contributed by atoms with Gasteiger partial charge >= 0.3 is 6.03 Å². The van der Waals surface area contributed by atoms with Gasteiger partial charge in [-0.05, 0) is 39.7 Å². The molecule has 0 radical (unpaired) electrons. The molecule has 0 spiro atoms. The van der Waals surface area contributed by atoms with Crippen LogP contribution < -0.4 is 16.0 Å². The van der Waals surface area contributed by atoms with Crippen LogP contribution in [0.3, 0.4) is 0 Å². The predicted molar refractivity (Wildman–Crippen MR) is 72.9 cm³/mol. The molecule has 1 aliphatic carbocycles. The second kappa shape index (κ2) is 5.40. The summed E-state index contributed by atoms with van der Waals surface area (Å²) in [5, 5.41) is 8.41. The van der Waals surface area contributed by atoms with E-state index in [0.717, 1.165) is 17.7 Å². The first-order chi connectivity index (χ1) is 9.38. The second-order valence-corrected chi connectivity index (χ2v) is 5.79. The topological polar surface area (TPSA) is 90.5 Å². The first-order valence-electron chi connectivity index (χ1n) is 6.96. The highest BCUT2D eigenvalue weighted by molar-refractivity contribution is 6.09. The lowest BCUT2D eigenvalue weighted by atomic mass is 9.96. The number of amides is 4. The van der Waals surface area contributed by atoms with Gasteiger partial charge in [0.2, 0.25) is 5.91 Å². The van der Waals surface area contributed by atoms with Gasteiger partial charge in [-0.1, -0.05) is 0 Å². The standard InChI is InChI=1S/C13H22N4O3/c1-8(14-3)6-15-10(18)7-17-11(19)13(2,9-4-5-9)16-12(17)20/h8-9,14H,4-7H2,1-3H3,(H,15,18)(H,16,20). The van der Waals surface area contributed by atoms with Gasteiger partial charge in [-0.3, -0.25) is 14.5 Å². The molecule has 1 saturated carbocycles. The molecule has 0 bridgehead atoms. The number of likely N-dealkylation sites (N-methyl/N-ethyl adjacent to an activating group) is 1. The van der Waals surface area contributed by atoms with Gasteiger partial charge in [0.05, 0.1) is 0 Å². The van der Waals surface area contributed by atoms with Crippen molar-refractivity contribution in [1.29, 1.82) is 0 Å². The lowest BCUT2D eigenvalue weighted by molar-refractivity contribution is -0.135. The molecule has 2 unspecified atom stereocenters. The fourth-order valence-corrected chi connectivity index (χ4v) is 2.37. The Morgan fingerprint density at radius 2 is 2.15 bits per heavy atom. The van der Waals surface area contributed by atoms with E-state index < -0.39 is 11.6 Å². The minimum Gasteiger partial charge on any atom is -0.353 e. The Balaban J connectivity index is 1.91. The second-order valence-electron chi connectivity index (χ2n) is 5.79. The predicted octanol–water partition coefficient (Wildman–Crippen LogP) is -0.569. The third kappa shape index (κ3) is 2.77. The van der Waals surface area contributed by atoms with E-state index in [-0.39, 0.29) is 30.3 Å². The first-order valence-corrected chi connectivity index (χ1v) is 6.96. The molecule has 2 atom stereocenters. The number of carbonyl (C=O) groups is 3. The smallest absolute Gasteiger partial charge is 0.325 e. The zero-order valence-electron chi connectivity index (χ0n) is 12.2. The minimum atomic E-state index is -0.824. The van der Waals surface area contributed by atoms with Crippen LogP contribution >= 0.6 is 0 Å². The molecule has 1 aliphatic heterocycles. The van der Waals surface area contributed by atoms with Gasteiger partial charge in [0.25, 0.3) is 5.91 Å². The van der Waals surface area contributed by atoms with Crippen LogP contribution in [0.25, 0.3) is 0 Å². The Bertz CT molecular complexity index is 435. The number of hydrogen-bond acceptors (Lipinski definition) is 4. The molecule has 2 aliphatic rings. The van der Waals surface area contributed by atoms with Crippen LogP contribution in [0.15, 0.2) is 0 Å². The molecule has 0 aromatic heterocycles. The Hall–Kier alpha value is -1.63. The van der Waals surface area contributed by atoms with Crippen LogP contribution in [-0.2, 0) is 9.59 Å². The fourth-order valence-electron chi connectivity index (χ4n) is 2.37. The molecular formula is C13H22N4O3. The van der Waals surface area contributed by atoms with Crippen molar-refractivity contribution in [2.45, 2.75) is 38.3 Å². The zero-order valence-corrected chi connectivity index (χ0v) is 12.2. The minimum absolute atomic E-state index is 0.138. The van der Waals surface area contributed by atoms with E-state index in [9.17, 15) is 14.4 Å². The highest BCUT2D eigenvalue weighted by Crippen LogP contribution is 2.42. The molecule has 0 aromatic rings. The van der Waals surface area contributed by atoms with Crippen molar-refractivity contribution in [2.24, 2.45) is 5.92 Å². The normalized spacial score (nSPS) is 27.4. The maximum atomic E-state index is 12.3. The average molecular weight is 282 g/mol. The molecule has 20 heavy (non-hydrogen) atoms. The van der Waals surface area contributed by atoms with Crippen LogP contribution in [-0.4, -0.2) is 54.5 Å². The highest BCUT2D eigenvalue weighted by Gasteiger charge is 2.56. The van der Waals surface area contributed by atoms with Crippen molar-refractivity contribution < 1.29 is 14.4 Å². The van der Waals surface area contributed by atoms with Crippen molar-refractivity contribution >= 4 is 17.8 Å². The number of rotatable bonds is 6. The van der Waals surface area contributed by atoms with Crippen molar-refractivity contribution in [1.82, 2.24) is 20.9 Å². The van der Waals surface area contributed by atoms with Gasteiger partial charge in [-0.25, -0.2) is 4.79 Å². The molecular weight excluding hydrogens is 260 g/mol. The molecule has 1 heterocycles. The van der Waals surface area contributed by atoms with Gasteiger partial charge in [0.1, 0.15) is 12.1 Å². The zero-order chi connectivity index (χ0) is 14.9. The maximum absolute atomic E-state index is 12.3.